The van der Waals surface area contributed by atoms with Crippen molar-refractivity contribution in [3.05, 3.63) is 105 Å². The lowest BCUT2D eigenvalue weighted by Crippen LogP contribution is -2.52. The molecule has 0 spiro atoms. The highest BCUT2D eigenvalue weighted by Crippen LogP contribution is 2.47. The van der Waals surface area contributed by atoms with Gasteiger partial charge in [0.25, 0.3) is 0 Å². The molecule has 2 saturated heterocycles. The number of urea groups is 2. The molecule has 17 heteroatoms. The molecule has 4 aliphatic heterocycles. The summed E-state index contributed by atoms with van der Waals surface area (Å²) in [6, 6.07) is 19.0. The maximum atomic E-state index is 13.4. The Balaban J connectivity index is 1.12. The second-order valence-corrected chi connectivity index (χ2v) is 17.0. The molecular formula is C46H46Cl2N6O8S. The fourth-order valence-corrected chi connectivity index (χ4v) is 9.62. The summed E-state index contributed by atoms with van der Waals surface area (Å²) in [5.41, 5.74) is 6.55. The van der Waals surface area contributed by atoms with Crippen LogP contribution in [0.15, 0.2) is 82.6 Å². The molecule has 328 valence electrons. The largest absolute Gasteiger partial charge is 0.341 e. The van der Waals surface area contributed by atoms with E-state index in [1.807, 2.05) is 60.7 Å². The highest BCUT2D eigenvalue weighted by atomic mass is 35.5. The zero-order chi connectivity index (χ0) is 44.0. The van der Waals surface area contributed by atoms with Gasteiger partial charge in [-0.2, -0.15) is 9.78 Å². The summed E-state index contributed by atoms with van der Waals surface area (Å²) in [6.07, 6.45) is 7.97. The standard InChI is InChI=1S/C46H46Cl2N6O8S/c1-49-45(57)53-21-17-51(18-22-53)39(55)13-7-29-5-11-37(43(47)41(29)33-3-9-35-31(27-33)15-25-59-61-35)63-38-12-6-30(8-14-40(56)52-19-23-54(24-20-52)46(58)50-2)42(44(38)48)34-4-10-36-32(28-34)16-26-60-62-36/h3-14,27-28H,15-26H2,1-2H3,(H,49,57)(H,50,58)/b13-7+,14-8+. The third-order valence-corrected chi connectivity index (χ3v) is 13.5. The number of nitrogens with one attached hydrogen (secondary N) is 2. The number of fused-ring (bicyclic) bond motifs is 2. The Kier molecular flexibility index (Phi) is 13.8. The summed E-state index contributed by atoms with van der Waals surface area (Å²) in [6.45, 7) is 4.28. The first-order chi connectivity index (χ1) is 30.6. The highest BCUT2D eigenvalue weighted by molar-refractivity contribution is 7.99. The maximum Gasteiger partial charge on any atom is 0.317 e. The number of halogens is 2. The molecule has 63 heavy (non-hydrogen) atoms. The van der Waals surface area contributed by atoms with Crippen molar-refractivity contribution in [3.8, 4) is 33.8 Å². The number of rotatable bonds is 8. The van der Waals surface area contributed by atoms with Crippen molar-refractivity contribution in [2.24, 2.45) is 0 Å². The Morgan fingerprint density at radius 2 is 0.968 bits per heavy atom. The average Bonchev–Trinajstić information content (AvgIpc) is 3.33. The molecule has 4 aromatic rings. The van der Waals surface area contributed by atoms with Gasteiger partial charge >= 0.3 is 12.1 Å². The van der Waals surface area contributed by atoms with Crippen molar-refractivity contribution in [2.45, 2.75) is 22.6 Å². The van der Waals surface area contributed by atoms with E-state index in [4.69, 9.17) is 42.8 Å². The molecule has 4 aliphatic rings. The van der Waals surface area contributed by atoms with Crippen LogP contribution in [0.3, 0.4) is 0 Å². The van der Waals surface area contributed by atoms with Gasteiger partial charge in [0.15, 0.2) is 11.5 Å². The molecule has 4 aromatic carbocycles. The predicted octanol–water partition coefficient (Wildman–Crippen LogP) is 7.21. The van der Waals surface area contributed by atoms with Crippen LogP contribution in [0.2, 0.25) is 10.0 Å². The lowest BCUT2D eigenvalue weighted by molar-refractivity contribution is -0.215. The molecule has 4 heterocycles. The van der Waals surface area contributed by atoms with Crippen molar-refractivity contribution in [2.75, 3.05) is 79.7 Å². The van der Waals surface area contributed by atoms with Crippen LogP contribution >= 0.6 is 35.0 Å². The van der Waals surface area contributed by atoms with E-state index in [0.717, 1.165) is 54.3 Å². The number of carbonyl (C=O) groups excluding carboxylic acids is 4. The summed E-state index contributed by atoms with van der Waals surface area (Å²) in [7, 11) is 3.19. The van der Waals surface area contributed by atoms with Crippen LogP contribution in [0.4, 0.5) is 9.59 Å². The van der Waals surface area contributed by atoms with Crippen molar-refractivity contribution >= 4 is 71.0 Å². The van der Waals surface area contributed by atoms with E-state index >= 15 is 0 Å². The highest BCUT2D eigenvalue weighted by Gasteiger charge is 2.26. The Hall–Kier alpha value is -5.71. The molecular weight excluding hydrogens is 868 g/mol. The normalized spacial score (nSPS) is 16.3. The molecule has 14 nitrogen and oxygen atoms in total. The van der Waals surface area contributed by atoms with E-state index in [2.05, 4.69) is 10.6 Å². The minimum atomic E-state index is -0.164. The van der Waals surface area contributed by atoms with E-state index in [9.17, 15) is 19.2 Å². The van der Waals surface area contributed by atoms with E-state index in [0.29, 0.717) is 100.0 Å². The van der Waals surface area contributed by atoms with E-state index in [1.54, 1.807) is 58.0 Å². The van der Waals surface area contributed by atoms with Crippen LogP contribution in [0.25, 0.3) is 34.4 Å². The molecule has 0 unspecified atom stereocenters. The molecule has 0 radical (unpaired) electrons. The summed E-state index contributed by atoms with van der Waals surface area (Å²) in [4.78, 5) is 80.7. The second-order valence-electron chi connectivity index (χ2n) is 15.1. The third-order valence-electron chi connectivity index (χ3n) is 11.4. The lowest BCUT2D eigenvalue weighted by Gasteiger charge is -2.33. The monoisotopic (exact) mass is 912 g/mol. The zero-order valence-electron chi connectivity index (χ0n) is 34.8. The second kappa shape index (κ2) is 19.8. The number of carbonyl (C=O) groups is 4. The van der Waals surface area contributed by atoms with Gasteiger partial charge in [-0.25, -0.2) is 9.59 Å². The molecule has 6 amide bonds. The molecule has 0 bridgehead atoms. The van der Waals surface area contributed by atoms with Gasteiger partial charge in [-0.15, -0.1) is 0 Å². The first-order valence-electron chi connectivity index (χ1n) is 20.7. The number of piperazine rings is 2. The van der Waals surface area contributed by atoms with Gasteiger partial charge in [-0.3, -0.25) is 9.59 Å². The Labute approximate surface area is 379 Å². The Morgan fingerprint density at radius 3 is 1.37 bits per heavy atom. The minimum Gasteiger partial charge on any atom is -0.341 e. The fraction of sp³-hybridized carbons (Fsp3) is 0.304. The van der Waals surface area contributed by atoms with Gasteiger partial charge in [0, 0.05) is 123 Å². The van der Waals surface area contributed by atoms with Crippen molar-refractivity contribution in [3.63, 3.8) is 0 Å². The number of hydrogen-bond donors (Lipinski definition) is 2. The van der Waals surface area contributed by atoms with Crippen molar-refractivity contribution in [1.29, 1.82) is 0 Å². The fourth-order valence-electron chi connectivity index (χ4n) is 7.93. The van der Waals surface area contributed by atoms with Gasteiger partial charge < -0.3 is 40.0 Å². The Bertz CT molecular complexity index is 2320. The first kappa shape index (κ1) is 43.9. The van der Waals surface area contributed by atoms with Gasteiger partial charge in [0.2, 0.25) is 11.8 Å². The van der Waals surface area contributed by atoms with Crippen molar-refractivity contribution in [1.82, 2.24) is 30.2 Å². The average molecular weight is 914 g/mol. The van der Waals surface area contributed by atoms with E-state index in [1.165, 1.54) is 11.8 Å². The third kappa shape index (κ3) is 9.77. The van der Waals surface area contributed by atoms with Crippen LogP contribution in [0, 0.1) is 0 Å². The molecule has 0 atom stereocenters. The first-order valence-corrected chi connectivity index (χ1v) is 22.2. The molecule has 0 aliphatic carbocycles. The van der Waals surface area contributed by atoms with Gasteiger partial charge in [0.05, 0.1) is 23.3 Å². The summed E-state index contributed by atoms with van der Waals surface area (Å²) < 4.78 is 0. The molecule has 2 N–H and O–H groups in total. The summed E-state index contributed by atoms with van der Waals surface area (Å²) in [5.74, 6) is 0.941. The maximum absolute atomic E-state index is 13.4. The van der Waals surface area contributed by atoms with E-state index in [-0.39, 0.29) is 23.9 Å². The SMILES string of the molecule is CNC(=O)N1CCN(C(=O)/C=C/c2ccc(Sc3ccc(/C=C/C(=O)N4CCN(C(=O)NC)CC4)c(-c4ccc5c(c4)CCOO5)c3Cl)c(Cl)c2-c2ccc3c(c2)CCOO3)CC1. The van der Waals surface area contributed by atoms with Crippen LogP contribution < -0.4 is 20.4 Å². The quantitative estimate of drug-likeness (QED) is 0.139. The number of nitrogens with zero attached hydrogens (tertiary/aromatic N) is 4. The van der Waals surface area contributed by atoms with Gasteiger partial charge in [-0.1, -0.05) is 59.2 Å². The zero-order valence-corrected chi connectivity index (χ0v) is 37.1. The van der Waals surface area contributed by atoms with Crippen molar-refractivity contribution < 1.29 is 38.7 Å². The summed E-state index contributed by atoms with van der Waals surface area (Å²) >= 11 is 16.3. The summed E-state index contributed by atoms with van der Waals surface area (Å²) in [5, 5.41) is 6.22. The van der Waals surface area contributed by atoms with Gasteiger partial charge in [0.1, 0.15) is 0 Å². The van der Waals surface area contributed by atoms with Crippen LogP contribution in [-0.2, 0) is 32.2 Å². The molecule has 0 saturated carbocycles. The van der Waals surface area contributed by atoms with Crippen LogP contribution in [-0.4, -0.2) is 123 Å². The minimum absolute atomic E-state index is 0.162. The van der Waals surface area contributed by atoms with Crippen LogP contribution in [0.5, 0.6) is 11.5 Å². The topological polar surface area (TPSA) is 142 Å². The molecule has 8 rings (SSSR count). The Morgan fingerprint density at radius 1 is 0.571 bits per heavy atom. The van der Waals surface area contributed by atoms with Gasteiger partial charge in [-0.05, 0) is 70.8 Å². The van der Waals surface area contributed by atoms with Crippen LogP contribution in [0.1, 0.15) is 22.3 Å². The molecule has 2 fully saturated rings. The number of amides is 6. The predicted molar refractivity (Wildman–Crippen MR) is 242 cm³/mol. The van der Waals surface area contributed by atoms with E-state index < -0.39 is 0 Å². The number of hydrogen-bond acceptors (Lipinski definition) is 9. The lowest BCUT2D eigenvalue weighted by atomic mass is 9.96. The number of benzene rings is 4. The molecule has 0 aromatic heterocycles. The smallest absolute Gasteiger partial charge is 0.317 e.